The third-order valence-electron chi connectivity index (χ3n) is 5.93. The molecule has 37 heavy (non-hydrogen) atoms. The Bertz CT molecular complexity index is 1260. The molecule has 1 fully saturated rings. The second kappa shape index (κ2) is 11.5. The van der Waals surface area contributed by atoms with Gasteiger partial charge < -0.3 is 34.8 Å². The Morgan fingerprint density at radius 3 is 2.78 bits per heavy atom. The van der Waals surface area contributed by atoms with E-state index in [2.05, 4.69) is 26.0 Å². The summed E-state index contributed by atoms with van der Waals surface area (Å²) in [6, 6.07) is 7.51. The van der Waals surface area contributed by atoms with Gasteiger partial charge in [-0.05, 0) is 26.8 Å². The van der Waals surface area contributed by atoms with Crippen LogP contribution in [-0.4, -0.2) is 76.9 Å². The SMILES string of the molecule is CCNC(=O)NC1COC(OC)CN1Nc1c(-c2ncncc2C(=O)OC(C)C)c2ccccc2n1C. The number of ether oxygens (including phenoxy) is 3. The summed E-state index contributed by atoms with van der Waals surface area (Å²) >= 11 is 0. The van der Waals surface area contributed by atoms with Crippen LogP contribution in [0.4, 0.5) is 10.6 Å². The summed E-state index contributed by atoms with van der Waals surface area (Å²) in [5, 5.41) is 8.39. The lowest BCUT2D eigenvalue weighted by molar-refractivity contribution is -0.179. The number of aryl methyl sites for hydroxylation is 1. The third-order valence-corrected chi connectivity index (χ3v) is 5.93. The van der Waals surface area contributed by atoms with Gasteiger partial charge in [0.2, 0.25) is 0 Å². The Hall–Kier alpha value is -3.74. The highest BCUT2D eigenvalue weighted by molar-refractivity contribution is 6.07. The van der Waals surface area contributed by atoms with Gasteiger partial charge in [-0.2, -0.15) is 5.01 Å². The number of hydrogen-bond acceptors (Lipinski definition) is 9. The highest BCUT2D eigenvalue weighted by Gasteiger charge is 2.33. The van der Waals surface area contributed by atoms with Crippen LogP contribution in [0.2, 0.25) is 0 Å². The fraction of sp³-hybridized carbons (Fsp3) is 0.440. The first-order valence-electron chi connectivity index (χ1n) is 12.1. The van der Waals surface area contributed by atoms with Crippen molar-refractivity contribution in [1.29, 1.82) is 0 Å². The van der Waals surface area contributed by atoms with E-state index in [0.29, 0.717) is 30.2 Å². The summed E-state index contributed by atoms with van der Waals surface area (Å²) in [4.78, 5) is 33.9. The largest absolute Gasteiger partial charge is 0.459 e. The molecule has 2 unspecified atom stereocenters. The summed E-state index contributed by atoms with van der Waals surface area (Å²) < 4.78 is 18.6. The molecular weight excluding hydrogens is 478 g/mol. The number of hydrazine groups is 1. The van der Waals surface area contributed by atoms with Crippen molar-refractivity contribution in [3.05, 3.63) is 42.4 Å². The van der Waals surface area contributed by atoms with Crippen LogP contribution in [0.3, 0.4) is 0 Å². The number of nitrogens with zero attached hydrogens (tertiary/aromatic N) is 4. The van der Waals surface area contributed by atoms with Gasteiger partial charge in [-0.3, -0.25) is 0 Å². The van der Waals surface area contributed by atoms with Crippen molar-refractivity contribution in [2.75, 3.05) is 32.2 Å². The van der Waals surface area contributed by atoms with Crippen molar-refractivity contribution in [3.63, 3.8) is 0 Å². The molecule has 1 aromatic carbocycles. The topological polar surface area (TPSA) is 132 Å². The first kappa shape index (κ1) is 26.3. The quantitative estimate of drug-likeness (QED) is 0.390. The Labute approximate surface area is 215 Å². The summed E-state index contributed by atoms with van der Waals surface area (Å²) in [6.45, 7) is 6.43. The number of para-hydroxylation sites is 1. The maximum Gasteiger partial charge on any atom is 0.342 e. The Balaban J connectivity index is 1.81. The van der Waals surface area contributed by atoms with Crippen molar-refractivity contribution in [3.8, 4) is 11.3 Å². The van der Waals surface area contributed by atoms with Crippen molar-refractivity contribution < 1.29 is 23.8 Å². The molecule has 1 aliphatic heterocycles. The summed E-state index contributed by atoms with van der Waals surface area (Å²) in [7, 11) is 3.48. The van der Waals surface area contributed by atoms with E-state index in [9.17, 15) is 9.59 Å². The van der Waals surface area contributed by atoms with Gasteiger partial charge in [0.25, 0.3) is 0 Å². The van der Waals surface area contributed by atoms with E-state index in [4.69, 9.17) is 14.2 Å². The van der Waals surface area contributed by atoms with E-state index < -0.39 is 18.4 Å². The number of aromatic nitrogens is 3. The number of rotatable bonds is 8. The maximum absolute atomic E-state index is 13.0. The number of urea groups is 1. The van der Waals surface area contributed by atoms with Crippen LogP contribution in [0.25, 0.3) is 22.2 Å². The number of fused-ring (bicyclic) bond motifs is 1. The lowest BCUT2D eigenvalue weighted by Gasteiger charge is -2.39. The smallest absolute Gasteiger partial charge is 0.342 e. The van der Waals surface area contributed by atoms with Crippen LogP contribution in [0.1, 0.15) is 31.1 Å². The van der Waals surface area contributed by atoms with E-state index >= 15 is 0 Å². The molecule has 12 nitrogen and oxygen atoms in total. The maximum atomic E-state index is 13.0. The van der Waals surface area contributed by atoms with Gasteiger partial charge in [-0.15, -0.1) is 0 Å². The van der Waals surface area contributed by atoms with E-state index in [1.54, 1.807) is 21.0 Å². The molecule has 2 amide bonds. The molecule has 0 spiro atoms. The molecule has 0 saturated carbocycles. The van der Waals surface area contributed by atoms with E-state index in [1.165, 1.54) is 12.5 Å². The van der Waals surface area contributed by atoms with E-state index in [0.717, 1.165) is 10.9 Å². The molecule has 1 aliphatic rings. The highest BCUT2D eigenvalue weighted by atomic mass is 16.7. The average Bonchev–Trinajstić information content (AvgIpc) is 3.16. The van der Waals surface area contributed by atoms with Gasteiger partial charge in [-0.1, -0.05) is 18.2 Å². The van der Waals surface area contributed by atoms with Crippen LogP contribution in [0.15, 0.2) is 36.8 Å². The number of hydrogen-bond donors (Lipinski definition) is 3. The Morgan fingerprint density at radius 1 is 1.27 bits per heavy atom. The van der Waals surface area contributed by atoms with Crippen LogP contribution in [-0.2, 0) is 21.3 Å². The van der Waals surface area contributed by atoms with E-state index in [-0.39, 0.29) is 24.3 Å². The monoisotopic (exact) mass is 511 g/mol. The first-order valence-corrected chi connectivity index (χ1v) is 12.1. The first-order chi connectivity index (χ1) is 17.8. The predicted molar refractivity (Wildman–Crippen MR) is 138 cm³/mol. The molecule has 0 radical (unpaired) electrons. The minimum absolute atomic E-state index is 0.196. The van der Waals surface area contributed by atoms with Gasteiger partial charge in [-0.25, -0.2) is 19.6 Å². The lowest BCUT2D eigenvalue weighted by atomic mass is 10.1. The normalized spacial score (nSPS) is 18.1. The van der Waals surface area contributed by atoms with Gasteiger partial charge in [0.1, 0.15) is 23.9 Å². The fourth-order valence-corrected chi connectivity index (χ4v) is 4.23. The Kier molecular flexibility index (Phi) is 8.21. The predicted octanol–water partition coefficient (Wildman–Crippen LogP) is 2.48. The number of amides is 2. The molecule has 0 aliphatic carbocycles. The zero-order valence-corrected chi connectivity index (χ0v) is 21.6. The molecule has 3 aromatic rings. The molecule has 198 valence electrons. The zero-order valence-electron chi connectivity index (χ0n) is 21.6. The molecule has 3 heterocycles. The molecular formula is C25H33N7O5. The van der Waals surface area contributed by atoms with Crippen molar-refractivity contribution in [2.24, 2.45) is 7.05 Å². The van der Waals surface area contributed by atoms with Crippen molar-refractivity contribution in [2.45, 2.75) is 39.3 Å². The van der Waals surface area contributed by atoms with E-state index in [1.807, 2.05) is 47.8 Å². The van der Waals surface area contributed by atoms with Gasteiger partial charge in [0.05, 0.1) is 36.0 Å². The van der Waals surface area contributed by atoms with Gasteiger partial charge in [0, 0.05) is 32.3 Å². The number of carbonyl (C=O) groups excluding carboxylic acids is 2. The molecule has 12 heteroatoms. The molecule has 3 N–H and O–H groups in total. The summed E-state index contributed by atoms with van der Waals surface area (Å²) in [6.07, 6.45) is 1.56. The fourth-order valence-electron chi connectivity index (χ4n) is 4.23. The number of methoxy groups -OCH3 is 1. The van der Waals surface area contributed by atoms with Crippen LogP contribution in [0, 0.1) is 0 Å². The number of anilines is 1. The van der Waals surface area contributed by atoms with Gasteiger partial charge in [0.15, 0.2) is 6.29 Å². The van der Waals surface area contributed by atoms with Crippen molar-refractivity contribution in [1.82, 2.24) is 30.2 Å². The molecule has 1 saturated heterocycles. The minimum atomic E-state index is -0.508. The van der Waals surface area contributed by atoms with Crippen molar-refractivity contribution >= 4 is 28.7 Å². The Morgan fingerprint density at radius 2 is 2.05 bits per heavy atom. The molecule has 4 rings (SSSR count). The second-order valence-corrected chi connectivity index (χ2v) is 8.82. The molecule has 2 aromatic heterocycles. The number of esters is 1. The van der Waals surface area contributed by atoms with Crippen LogP contribution >= 0.6 is 0 Å². The number of carbonyl (C=O) groups is 2. The molecule has 0 bridgehead atoms. The highest BCUT2D eigenvalue weighted by Crippen LogP contribution is 2.39. The average molecular weight is 512 g/mol. The van der Waals surface area contributed by atoms with Gasteiger partial charge >= 0.3 is 12.0 Å². The standard InChI is InChI=1S/C25H33N7O5/c1-6-27-25(34)29-19-13-36-20(35-5)12-32(19)30-23-21(16-9-7-8-10-18(16)31(23)4)22-17(11-26-14-28-22)24(33)37-15(2)3/h7-11,14-15,19-20,30H,6,12-13H2,1-5H3,(H2,27,29,34). The second-order valence-electron chi connectivity index (χ2n) is 8.82. The number of morpholine rings is 1. The van der Waals surface area contributed by atoms with Crippen LogP contribution < -0.4 is 16.1 Å². The number of benzene rings is 1. The summed E-state index contributed by atoms with van der Waals surface area (Å²) in [5.41, 5.74) is 5.77. The molecule has 2 atom stereocenters. The minimum Gasteiger partial charge on any atom is -0.459 e. The van der Waals surface area contributed by atoms with Crippen LogP contribution in [0.5, 0.6) is 0 Å². The number of nitrogens with one attached hydrogen (secondary N) is 3. The third kappa shape index (κ3) is 5.66. The summed E-state index contributed by atoms with van der Waals surface area (Å²) in [5.74, 6) is 0.157. The zero-order chi connectivity index (χ0) is 26.5. The lowest BCUT2D eigenvalue weighted by Crippen LogP contribution is -2.61.